The molecule has 1 amide bonds. The van der Waals surface area contributed by atoms with Crippen LogP contribution in [0.4, 0.5) is 5.69 Å². The molecule has 138 valence electrons. The Balaban J connectivity index is 1.71. The smallest absolute Gasteiger partial charge is 0.256 e. The molecular formula is C21H22N4O2. The van der Waals surface area contributed by atoms with Gasteiger partial charge in [0.15, 0.2) is 11.4 Å². The minimum absolute atomic E-state index is 0.00102. The van der Waals surface area contributed by atoms with Crippen molar-refractivity contribution in [3.63, 3.8) is 0 Å². The van der Waals surface area contributed by atoms with E-state index in [1.807, 2.05) is 24.6 Å². The standard InChI is InChI=1S/C21H22N4O2/c1-12(2)25-20-18(11-22-25)17(10-19(24-20)15-4-5-15)21(27)23-16-8-6-14(7-9-16)13(3)26/h6-12,15H,4-5H2,1-3H3,(H,23,27). The van der Waals surface area contributed by atoms with Crippen molar-refractivity contribution >= 4 is 28.4 Å². The summed E-state index contributed by atoms with van der Waals surface area (Å²) >= 11 is 0. The van der Waals surface area contributed by atoms with Crippen LogP contribution < -0.4 is 5.32 Å². The molecule has 0 aliphatic heterocycles. The van der Waals surface area contributed by atoms with E-state index in [-0.39, 0.29) is 17.7 Å². The number of benzene rings is 1. The number of carbonyl (C=O) groups is 2. The summed E-state index contributed by atoms with van der Waals surface area (Å²) < 4.78 is 1.86. The lowest BCUT2D eigenvalue weighted by Gasteiger charge is -2.11. The van der Waals surface area contributed by atoms with Gasteiger partial charge in [-0.1, -0.05) is 0 Å². The van der Waals surface area contributed by atoms with Crippen molar-refractivity contribution in [2.45, 2.75) is 45.6 Å². The van der Waals surface area contributed by atoms with Crippen molar-refractivity contribution in [1.29, 1.82) is 0 Å². The summed E-state index contributed by atoms with van der Waals surface area (Å²) in [6, 6.07) is 8.98. The summed E-state index contributed by atoms with van der Waals surface area (Å²) in [5, 5.41) is 8.12. The van der Waals surface area contributed by atoms with Crippen LogP contribution >= 0.6 is 0 Å². The number of rotatable bonds is 5. The van der Waals surface area contributed by atoms with Crippen LogP contribution in [0, 0.1) is 0 Å². The molecular weight excluding hydrogens is 340 g/mol. The second-order valence-electron chi connectivity index (χ2n) is 7.38. The number of hydrogen-bond acceptors (Lipinski definition) is 4. The quantitative estimate of drug-likeness (QED) is 0.685. The SMILES string of the molecule is CC(=O)c1ccc(NC(=O)c2cc(C3CC3)nc3c2cnn3C(C)C)cc1. The molecule has 2 heterocycles. The van der Waals surface area contributed by atoms with E-state index in [0.29, 0.717) is 22.7 Å². The molecule has 1 saturated carbocycles. The Morgan fingerprint density at radius 3 is 2.48 bits per heavy atom. The number of ketones is 1. The summed E-state index contributed by atoms with van der Waals surface area (Å²) in [5.41, 5.74) is 3.57. The lowest BCUT2D eigenvalue weighted by Crippen LogP contribution is -2.14. The third-order valence-electron chi connectivity index (χ3n) is 4.87. The summed E-state index contributed by atoms with van der Waals surface area (Å²) in [6.07, 6.45) is 3.94. The number of nitrogens with zero attached hydrogens (tertiary/aromatic N) is 3. The van der Waals surface area contributed by atoms with Crippen LogP contribution in [-0.4, -0.2) is 26.5 Å². The van der Waals surface area contributed by atoms with Crippen molar-refractivity contribution in [2.24, 2.45) is 0 Å². The minimum Gasteiger partial charge on any atom is -0.322 e. The lowest BCUT2D eigenvalue weighted by atomic mass is 10.1. The van der Waals surface area contributed by atoms with Crippen molar-refractivity contribution in [1.82, 2.24) is 14.8 Å². The molecule has 1 aliphatic carbocycles. The Hall–Kier alpha value is -3.02. The third kappa shape index (κ3) is 3.35. The van der Waals surface area contributed by atoms with Gasteiger partial charge in [-0.3, -0.25) is 9.59 Å². The van der Waals surface area contributed by atoms with Gasteiger partial charge in [-0.05, 0) is 63.9 Å². The van der Waals surface area contributed by atoms with Crippen LogP contribution in [0.5, 0.6) is 0 Å². The fourth-order valence-electron chi connectivity index (χ4n) is 3.18. The van der Waals surface area contributed by atoms with E-state index in [4.69, 9.17) is 4.98 Å². The van der Waals surface area contributed by atoms with E-state index in [1.54, 1.807) is 30.5 Å². The number of anilines is 1. The molecule has 3 aromatic rings. The molecule has 6 heteroatoms. The van der Waals surface area contributed by atoms with E-state index >= 15 is 0 Å². The normalized spacial score (nSPS) is 13.9. The van der Waals surface area contributed by atoms with Gasteiger partial charge in [-0.15, -0.1) is 0 Å². The van der Waals surface area contributed by atoms with Crippen LogP contribution in [0.1, 0.15) is 72.0 Å². The molecule has 0 atom stereocenters. The number of pyridine rings is 1. The third-order valence-corrected chi connectivity index (χ3v) is 4.87. The average Bonchev–Trinajstić information content (AvgIpc) is 3.40. The topological polar surface area (TPSA) is 76.9 Å². The first-order chi connectivity index (χ1) is 12.9. The lowest BCUT2D eigenvalue weighted by molar-refractivity contribution is 0.101. The van der Waals surface area contributed by atoms with Gasteiger partial charge in [0, 0.05) is 28.9 Å². The minimum atomic E-state index is -0.191. The summed E-state index contributed by atoms with van der Waals surface area (Å²) in [6.45, 7) is 5.62. The number of nitrogens with one attached hydrogen (secondary N) is 1. The zero-order valence-electron chi connectivity index (χ0n) is 15.7. The molecule has 1 aromatic carbocycles. The van der Waals surface area contributed by atoms with Gasteiger partial charge in [0.2, 0.25) is 0 Å². The molecule has 0 bridgehead atoms. The fraction of sp³-hybridized carbons (Fsp3) is 0.333. The van der Waals surface area contributed by atoms with E-state index in [0.717, 1.165) is 29.6 Å². The maximum absolute atomic E-state index is 13.0. The van der Waals surface area contributed by atoms with Gasteiger partial charge in [-0.2, -0.15) is 5.10 Å². The van der Waals surface area contributed by atoms with Crippen LogP contribution in [0.3, 0.4) is 0 Å². The molecule has 0 spiro atoms. The van der Waals surface area contributed by atoms with Crippen molar-refractivity contribution in [3.8, 4) is 0 Å². The van der Waals surface area contributed by atoms with Crippen LogP contribution in [0.15, 0.2) is 36.5 Å². The molecule has 1 fully saturated rings. The van der Waals surface area contributed by atoms with Crippen LogP contribution in [0.25, 0.3) is 11.0 Å². The molecule has 2 aromatic heterocycles. The molecule has 0 radical (unpaired) electrons. The van der Waals surface area contributed by atoms with Crippen molar-refractivity contribution in [3.05, 3.63) is 53.3 Å². The number of Topliss-reactive ketones (excluding diaryl/α,β-unsaturated/α-hetero) is 1. The highest BCUT2D eigenvalue weighted by Crippen LogP contribution is 2.40. The van der Waals surface area contributed by atoms with Crippen molar-refractivity contribution in [2.75, 3.05) is 5.32 Å². The maximum atomic E-state index is 13.0. The zero-order chi connectivity index (χ0) is 19.1. The molecule has 1 N–H and O–H groups in total. The second kappa shape index (κ2) is 6.61. The van der Waals surface area contributed by atoms with Gasteiger partial charge < -0.3 is 5.32 Å². The van der Waals surface area contributed by atoms with Crippen molar-refractivity contribution < 1.29 is 9.59 Å². The molecule has 27 heavy (non-hydrogen) atoms. The molecule has 6 nitrogen and oxygen atoms in total. The Labute approximate surface area is 157 Å². The van der Waals surface area contributed by atoms with E-state index in [2.05, 4.69) is 10.4 Å². The molecule has 4 rings (SSSR count). The Bertz CT molecular complexity index is 1030. The van der Waals surface area contributed by atoms with Gasteiger partial charge in [0.1, 0.15) is 0 Å². The number of fused-ring (bicyclic) bond motifs is 1. The fourth-order valence-corrected chi connectivity index (χ4v) is 3.18. The first-order valence-corrected chi connectivity index (χ1v) is 9.24. The first-order valence-electron chi connectivity index (χ1n) is 9.24. The van der Waals surface area contributed by atoms with Crippen LogP contribution in [-0.2, 0) is 0 Å². The highest BCUT2D eigenvalue weighted by molar-refractivity contribution is 6.12. The Morgan fingerprint density at radius 1 is 1.19 bits per heavy atom. The predicted octanol–water partition coefficient (Wildman–Crippen LogP) is 4.34. The zero-order valence-corrected chi connectivity index (χ0v) is 15.7. The van der Waals surface area contributed by atoms with Gasteiger partial charge >= 0.3 is 0 Å². The van der Waals surface area contributed by atoms with E-state index in [1.165, 1.54) is 6.92 Å². The Morgan fingerprint density at radius 2 is 1.89 bits per heavy atom. The van der Waals surface area contributed by atoms with E-state index in [9.17, 15) is 9.59 Å². The van der Waals surface area contributed by atoms with Gasteiger partial charge in [0.05, 0.1) is 17.1 Å². The molecule has 0 unspecified atom stereocenters. The van der Waals surface area contributed by atoms with Gasteiger partial charge in [0.25, 0.3) is 5.91 Å². The van der Waals surface area contributed by atoms with E-state index < -0.39 is 0 Å². The highest BCUT2D eigenvalue weighted by Gasteiger charge is 2.28. The number of amides is 1. The van der Waals surface area contributed by atoms with Gasteiger partial charge in [-0.25, -0.2) is 9.67 Å². The predicted molar refractivity (Wildman–Crippen MR) is 104 cm³/mol. The summed E-state index contributed by atoms with van der Waals surface area (Å²) in [5.74, 6) is 0.244. The second-order valence-corrected chi connectivity index (χ2v) is 7.38. The Kier molecular flexibility index (Phi) is 4.26. The number of carbonyl (C=O) groups excluding carboxylic acids is 2. The summed E-state index contributed by atoms with van der Waals surface area (Å²) in [7, 11) is 0. The number of aromatic nitrogens is 3. The first kappa shape index (κ1) is 17.4. The highest BCUT2D eigenvalue weighted by atomic mass is 16.1. The monoisotopic (exact) mass is 362 g/mol. The molecule has 0 saturated heterocycles. The average molecular weight is 362 g/mol. The van der Waals surface area contributed by atoms with Crippen LogP contribution in [0.2, 0.25) is 0 Å². The number of hydrogen-bond donors (Lipinski definition) is 1. The summed E-state index contributed by atoms with van der Waals surface area (Å²) in [4.78, 5) is 29.2. The maximum Gasteiger partial charge on any atom is 0.256 e. The largest absolute Gasteiger partial charge is 0.322 e. The molecule has 1 aliphatic rings.